The molecule has 0 unspecified atom stereocenters. The number of ether oxygens (including phenoxy) is 3. The summed E-state index contributed by atoms with van der Waals surface area (Å²) in [4.78, 5) is 22.4. The molecule has 0 aliphatic rings. The zero-order valence-electron chi connectivity index (χ0n) is 13.1. The van der Waals surface area contributed by atoms with Crippen LogP contribution >= 0.6 is 0 Å². The minimum absolute atomic E-state index is 0.209. The van der Waals surface area contributed by atoms with Gasteiger partial charge in [-0.05, 0) is 17.7 Å². The first-order valence-corrected chi connectivity index (χ1v) is 6.56. The van der Waals surface area contributed by atoms with E-state index in [0.29, 0.717) is 0 Å². The first-order valence-electron chi connectivity index (χ1n) is 6.56. The molecule has 0 spiro atoms. The van der Waals surface area contributed by atoms with Crippen LogP contribution < -0.4 is 9.47 Å². The second-order valence-corrected chi connectivity index (χ2v) is 4.77. The predicted octanol–water partition coefficient (Wildman–Crippen LogP) is 3.15. The fraction of sp³-hybridized carbons (Fsp3) is 0.429. The van der Waals surface area contributed by atoms with Gasteiger partial charge in [0.25, 0.3) is 0 Å². The average molecular weight is 392 g/mol. The number of halogens is 7. The van der Waals surface area contributed by atoms with E-state index in [2.05, 4.69) is 14.2 Å². The molecule has 0 fully saturated rings. The maximum absolute atomic E-state index is 13.3. The number of alkyl halides is 7. The number of methoxy groups -OCH3 is 2. The maximum Gasteiger partial charge on any atom is 0.460 e. The van der Waals surface area contributed by atoms with Crippen molar-refractivity contribution in [1.29, 1.82) is 0 Å². The van der Waals surface area contributed by atoms with Crippen molar-refractivity contribution < 1.29 is 54.5 Å². The summed E-state index contributed by atoms with van der Waals surface area (Å²) in [5.41, 5.74) is 0.209. The van der Waals surface area contributed by atoms with Crippen LogP contribution in [0.15, 0.2) is 18.2 Å². The van der Waals surface area contributed by atoms with E-state index in [0.717, 1.165) is 32.4 Å². The summed E-state index contributed by atoms with van der Waals surface area (Å²) < 4.78 is 101. The number of carbonyl (C=O) groups excluding carboxylic acids is 2. The molecule has 0 atom stereocenters. The molecule has 0 aliphatic carbocycles. The largest absolute Gasteiger partial charge is 0.493 e. The van der Waals surface area contributed by atoms with E-state index in [1.165, 1.54) is 0 Å². The summed E-state index contributed by atoms with van der Waals surface area (Å²) in [6.07, 6.45) is -6.96. The van der Waals surface area contributed by atoms with Crippen molar-refractivity contribution in [2.45, 2.75) is 24.4 Å². The first kappa shape index (κ1) is 21.5. The monoisotopic (exact) mass is 392 g/mol. The number of hydrogen-bond acceptors (Lipinski definition) is 5. The lowest BCUT2D eigenvalue weighted by atomic mass is 10.1. The fourth-order valence-electron chi connectivity index (χ4n) is 1.62. The van der Waals surface area contributed by atoms with E-state index in [-0.39, 0.29) is 12.0 Å². The second kappa shape index (κ2) is 7.38. The summed E-state index contributed by atoms with van der Waals surface area (Å²) in [6, 6.07) is 2.89. The third kappa shape index (κ3) is 4.17. The Morgan fingerprint density at radius 2 is 1.54 bits per heavy atom. The Labute approximate surface area is 141 Å². The first-order chi connectivity index (χ1) is 11.8. The molecule has 26 heavy (non-hydrogen) atoms. The molecule has 0 aromatic heterocycles. The van der Waals surface area contributed by atoms with Crippen LogP contribution in [-0.2, 0) is 20.7 Å². The number of benzene rings is 1. The van der Waals surface area contributed by atoms with E-state index in [1.807, 2.05) is 0 Å². The lowest BCUT2D eigenvalue weighted by molar-refractivity contribution is -0.346. The van der Waals surface area contributed by atoms with Crippen molar-refractivity contribution in [3.05, 3.63) is 23.8 Å². The van der Waals surface area contributed by atoms with Gasteiger partial charge in [-0.3, -0.25) is 4.79 Å². The highest BCUT2D eigenvalue weighted by Gasteiger charge is 2.77. The van der Waals surface area contributed by atoms with Crippen LogP contribution in [0.1, 0.15) is 5.56 Å². The Morgan fingerprint density at radius 1 is 0.962 bits per heavy atom. The van der Waals surface area contributed by atoms with Gasteiger partial charge in [0, 0.05) is 0 Å². The van der Waals surface area contributed by atoms with Gasteiger partial charge in [-0.25, -0.2) is 4.79 Å². The van der Waals surface area contributed by atoms with E-state index in [9.17, 15) is 40.3 Å². The molecule has 0 aliphatic heterocycles. The Kier molecular flexibility index (Phi) is 6.10. The van der Waals surface area contributed by atoms with Crippen molar-refractivity contribution >= 4 is 11.9 Å². The molecule has 0 N–H and O–H groups in total. The molecule has 0 saturated carbocycles. The van der Waals surface area contributed by atoms with E-state index in [1.54, 1.807) is 0 Å². The van der Waals surface area contributed by atoms with E-state index < -0.39 is 41.5 Å². The van der Waals surface area contributed by atoms with Crippen LogP contribution in [0.25, 0.3) is 0 Å². The van der Waals surface area contributed by atoms with E-state index >= 15 is 0 Å². The second-order valence-electron chi connectivity index (χ2n) is 4.77. The zero-order valence-corrected chi connectivity index (χ0v) is 13.1. The van der Waals surface area contributed by atoms with Crippen LogP contribution in [0.5, 0.6) is 11.5 Å². The number of esters is 2. The van der Waals surface area contributed by atoms with Gasteiger partial charge in [0.15, 0.2) is 11.5 Å². The summed E-state index contributed by atoms with van der Waals surface area (Å²) in [7, 11) is 2.08. The van der Waals surface area contributed by atoms with Crippen LogP contribution in [0.2, 0.25) is 0 Å². The maximum atomic E-state index is 13.3. The molecule has 0 radical (unpaired) electrons. The summed E-state index contributed by atoms with van der Waals surface area (Å²) >= 11 is 0. The average Bonchev–Trinajstić information content (AvgIpc) is 2.54. The Morgan fingerprint density at radius 3 is 2.00 bits per heavy atom. The fourth-order valence-corrected chi connectivity index (χ4v) is 1.62. The number of hydrogen-bond donors (Lipinski definition) is 0. The normalized spacial score (nSPS) is 12.5. The third-order valence-electron chi connectivity index (χ3n) is 3.01. The standard InChI is InChI=1S/C14H11F7O5/c1-24-9-5-7(6-10(22)25-2)3-4-8(9)26-11(23)12(15,16)13(17,18)14(19,20)21/h3-5H,6H2,1-2H3. The number of rotatable bonds is 6. The predicted molar refractivity (Wildman–Crippen MR) is 70.3 cm³/mol. The van der Waals surface area contributed by atoms with Gasteiger partial charge in [0.05, 0.1) is 20.6 Å². The summed E-state index contributed by atoms with van der Waals surface area (Å²) in [5, 5.41) is 0. The highest BCUT2D eigenvalue weighted by atomic mass is 19.4. The van der Waals surface area contributed by atoms with Crippen molar-refractivity contribution in [3.8, 4) is 11.5 Å². The molecule has 5 nitrogen and oxygen atoms in total. The minimum atomic E-state index is -6.68. The van der Waals surface area contributed by atoms with Gasteiger partial charge in [-0.2, -0.15) is 30.7 Å². The van der Waals surface area contributed by atoms with Crippen molar-refractivity contribution in [2.75, 3.05) is 14.2 Å². The molecule has 12 heteroatoms. The van der Waals surface area contributed by atoms with Gasteiger partial charge >= 0.3 is 30.0 Å². The van der Waals surface area contributed by atoms with Gasteiger partial charge in [0.2, 0.25) is 0 Å². The van der Waals surface area contributed by atoms with Crippen LogP contribution in [-0.4, -0.2) is 44.2 Å². The lowest BCUT2D eigenvalue weighted by Gasteiger charge is -2.26. The molecule has 1 rings (SSSR count). The summed E-state index contributed by atoms with van der Waals surface area (Å²) in [5.74, 6) is -17.9. The van der Waals surface area contributed by atoms with Crippen LogP contribution in [0.4, 0.5) is 30.7 Å². The Balaban J connectivity index is 3.11. The molecule has 0 amide bonds. The highest BCUT2D eigenvalue weighted by Crippen LogP contribution is 2.47. The smallest absolute Gasteiger partial charge is 0.460 e. The van der Waals surface area contributed by atoms with Crippen molar-refractivity contribution in [2.24, 2.45) is 0 Å². The molecule has 146 valence electrons. The molecular formula is C14H11F7O5. The lowest BCUT2D eigenvalue weighted by Crippen LogP contribution is -2.57. The Hall–Kier alpha value is -2.53. The molecule has 0 heterocycles. The highest BCUT2D eigenvalue weighted by molar-refractivity contribution is 5.82. The SMILES string of the molecule is COC(=O)Cc1ccc(OC(=O)C(F)(F)C(F)(F)C(F)(F)F)c(OC)c1. The van der Waals surface area contributed by atoms with Gasteiger partial charge in [-0.1, -0.05) is 6.07 Å². The topological polar surface area (TPSA) is 61.8 Å². The van der Waals surface area contributed by atoms with Gasteiger partial charge in [-0.15, -0.1) is 0 Å². The molecular weight excluding hydrogens is 381 g/mol. The summed E-state index contributed by atoms with van der Waals surface area (Å²) in [6.45, 7) is 0. The van der Waals surface area contributed by atoms with Gasteiger partial charge in [0.1, 0.15) is 0 Å². The minimum Gasteiger partial charge on any atom is -0.493 e. The van der Waals surface area contributed by atoms with Gasteiger partial charge < -0.3 is 14.2 Å². The Bertz CT molecular complexity index is 685. The van der Waals surface area contributed by atoms with Crippen LogP contribution in [0.3, 0.4) is 0 Å². The molecule has 0 saturated heterocycles. The van der Waals surface area contributed by atoms with Crippen LogP contribution in [0, 0.1) is 0 Å². The van der Waals surface area contributed by atoms with Crippen molar-refractivity contribution in [3.63, 3.8) is 0 Å². The quantitative estimate of drug-likeness (QED) is 0.423. The molecule has 0 bridgehead atoms. The third-order valence-corrected chi connectivity index (χ3v) is 3.01. The van der Waals surface area contributed by atoms with Crippen molar-refractivity contribution in [1.82, 2.24) is 0 Å². The zero-order chi connectivity index (χ0) is 20.3. The molecule has 1 aromatic carbocycles. The number of carbonyl (C=O) groups is 2. The molecule has 1 aromatic rings. The van der Waals surface area contributed by atoms with E-state index in [4.69, 9.17) is 0 Å².